The van der Waals surface area contributed by atoms with Crippen LogP contribution < -0.4 is 20.7 Å². The molecule has 0 bridgehead atoms. The van der Waals surface area contributed by atoms with Crippen LogP contribution in [0.3, 0.4) is 0 Å². The highest BCUT2D eigenvalue weighted by Crippen LogP contribution is 2.20. The fourth-order valence-electron chi connectivity index (χ4n) is 2.46. The average molecular weight is 412 g/mol. The smallest absolute Gasteiger partial charge is 0.243 e. The van der Waals surface area contributed by atoms with Crippen molar-refractivity contribution in [1.29, 1.82) is 0 Å². The maximum Gasteiger partial charge on any atom is 0.243 e. The van der Waals surface area contributed by atoms with Crippen LogP contribution in [0.1, 0.15) is 41.0 Å². The number of hydrogen-bond acceptors (Lipinski definition) is 4. The van der Waals surface area contributed by atoms with Gasteiger partial charge in [-0.15, -0.1) is 0 Å². The summed E-state index contributed by atoms with van der Waals surface area (Å²) < 4.78 is 5.69. The molecular formula is C24H33N3O3. The Morgan fingerprint density at radius 3 is 2.23 bits per heavy atom. The average Bonchev–Trinajstić information content (AvgIpc) is 2.67. The second kappa shape index (κ2) is 10.7. The molecule has 0 spiro atoms. The van der Waals surface area contributed by atoms with E-state index in [0.717, 1.165) is 17.9 Å². The van der Waals surface area contributed by atoms with Crippen LogP contribution in [-0.2, 0) is 9.59 Å². The molecule has 0 aliphatic carbocycles. The molecule has 0 radical (unpaired) electrons. The summed E-state index contributed by atoms with van der Waals surface area (Å²) in [5, 5.41) is 8.82. The highest BCUT2D eigenvalue weighted by molar-refractivity contribution is 5.95. The summed E-state index contributed by atoms with van der Waals surface area (Å²) in [5.74, 6) is 1.18. The highest BCUT2D eigenvalue weighted by Gasteiger charge is 2.21. The van der Waals surface area contributed by atoms with Gasteiger partial charge in [-0.2, -0.15) is 0 Å². The van der Waals surface area contributed by atoms with Crippen molar-refractivity contribution in [3.05, 3.63) is 48.5 Å². The van der Waals surface area contributed by atoms with Crippen molar-refractivity contribution < 1.29 is 14.3 Å². The fourth-order valence-corrected chi connectivity index (χ4v) is 2.46. The molecular weight excluding hydrogens is 378 g/mol. The predicted molar refractivity (Wildman–Crippen MR) is 123 cm³/mol. The third kappa shape index (κ3) is 8.15. The lowest BCUT2D eigenvalue weighted by Gasteiger charge is -2.18. The molecule has 0 aliphatic heterocycles. The minimum Gasteiger partial charge on any atom is -0.494 e. The summed E-state index contributed by atoms with van der Waals surface area (Å²) >= 11 is 0. The first-order valence-electron chi connectivity index (χ1n) is 10.3. The molecule has 162 valence electrons. The van der Waals surface area contributed by atoms with Gasteiger partial charge in [-0.25, -0.2) is 0 Å². The minimum atomic E-state index is -0.474. The zero-order valence-electron chi connectivity index (χ0n) is 18.5. The number of hydrogen-bond donors (Lipinski definition) is 3. The topological polar surface area (TPSA) is 79.5 Å². The molecule has 6 heteroatoms. The zero-order valence-corrected chi connectivity index (χ0v) is 18.5. The van der Waals surface area contributed by atoms with E-state index < -0.39 is 5.41 Å². The van der Waals surface area contributed by atoms with E-state index in [4.69, 9.17) is 4.74 Å². The standard InChI is InChI=1S/C24H33N3O3/c1-17(2)13-14-30-21-11-9-18(10-12-21)26-22(28)16-25-19-7-6-8-20(15-19)27-23(29)24(3,4)5/h6-12,15,17,25H,13-14,16H2,1-5H3,(H,26,28)(H,27,29). The van der Waals surface area contributed by atoms with Crippen LogP contribution in [0, 0.1) is 11.3 Å². The molecule has 0 saturated heterocycles. The second-order valence-electron chi connectivity index (χ2n) is 8.74. The largest absolute Gasteiger partial charge is 0.494 e. The number of carbonyl (C=O) groups is 2. The quantitative estimate of drug-likeness (QED) is 0.533. The van der Waals surface area contributed by atoms with E-state index in [-0.39, 0.29) is 18.4 Å². The van der Waals surface area contributed by atoms with Gasteiger partial charge in [0.15, 0.2) is 0 Å². The van der Waals surface area contributed by atoms with Crippen LogP contribution in [0.2, 0.25) is 0 Å². The second-order valence-corrected chi connectivity index (χ2v) is 8.74. The Morgan fingerprint density at radius 2 is 1.60 bits per heavy atom. The van der Waals surface area contributed by atoms with E-state index in [1.54, 1.807) is 6.07 Å². The van der Waals surface area contributed by atoms with Crippen molar-refractivity contribution in [3.63, 3.8) is 0 Å². The predicted octanol–water partition coefficient (Wildman–Crippen LogP) is 5.15. The van der Waals surface area contributed by atoms with Crippen molar-refractivity contribution in [1.82, 2.24) is 0 Å². The summed E-state index contributed by atoms with van der Waals surface area (Å²) in [4.78, 5) is 24.4. The molecule has 0 aromatic heterocycles. The Hall–Kier alpha value is -3.02. The van der Waals surface area contributed by atoms with Crippen LogP contribution in [0.15, 0.2) is 48.5 Å². The van der Waals surface area contributed by atoms with Crippen LogP contribution in [0.25, 0.3) is 0 Å². The first-order chi connectivity index (χ1) is 14.1. The number of amides is 2. The molecule has 0 atom stereocenters. The van der Waals surface area contributed by atoms with Gasteiger partial charge in [-0.1, -0.05) is 40.7 Å². The number of carbonyl (C=O) groups excluding carboxylic acids is 2. The van der Waals surface area contributed by atoms with Gasteiger partial charge in [0.1, 0.15) is 5.75 Å². The summed E-state index contributed by atoms with van der Waals surface area (Å²) in [6, 6.07) is 14.7. The summed E-state index contributed by atoms with van der Waals surface area (Å²) in [6.45, 7) is 10.7. The molecule has 2 amide bonds. The van der Waals surface area contributed by atoms with Gasteiger partial charge in [0.2, 0.25) is 11.8 Å². The first-order valence-corrected chi connectivity index (χ1v) is 10.3. The number of nitrogens with one attached hydrogen (secondary N) is 3. The molecule has 0 saturated carbocycles. The van der Waals surface area contributed by atoms with Crippen molar-refractivity contribution in [2.75, 3.05) is 29.1 Å². The summed E-state index contributed by atoms with van der Waals surface area (Å²) in [6.07, 6.45) is 1.01. The Labute approximate surface area is 179 Å². The van der Waals surface area contributed by atoms with Gasteiger partial charge >= 0.3 is 0 Å². The fraction of sp³-hybridized carbons (Fsp3) is 0.417. The number of ether oxygens (including phenoxy) is 1. The Kier molecular flexibility index (Phi) is 8.27. The molecule has 0 fully saturated rings. The summed E-state index contributed by atoms with van der Waals surface area (Å²) in [5.41, 5.74) is 1.68. The highest BCUT2D eigenvalue weighted by atomic mass is 16.5. The van der Waals surface area contributed by atoms with Crippen LogP contribution in [0.4, 0.5) is 17.1 Å². The van der Waals surface area contributed by atoms with Gasteiger partial charge in [0, 0.05) is 22.5 Å². The third-order valence-corrected chi connectivity index (χ3v) is 4.36. The Balaban J connectivity index is 1.82. The Bertz CT molecular complexity index is 840. The zero-order chi connectivity index (χ0) is 22.1. The maximum absolute atomic E-state index is 12.2. The van der Waals surface area contributed by atoms with E-state index in [9.17, 15) is 9.59 Å². The van der Waals surface area contributed by atoms with E-state index in [0.29, 0.717) is 23.9 Å². The van der Waals surface area contributed by atoms with E-state index in [1.165, 1.54) is 0 Å². The van der Waals surface area contributed by atoms with E-state index >= 15 is 0 Å². The van der Waals surface area contributed by atoms with Crippen molar-refractivity contribution in [2.45, 2.75) is 41.0 Å². The number of benzene rings is 2. The Morgan fingerprint density at radius 1 is 0.933 bits per heavy atom. The molecule has 2 rings (SSSR count). The van der Waals surface area contributed by atoms with E-state index in [1.807, 2.05) is 63.2 Å². The lowest BCUT2D eigenvalue weighted by atomic mass is 9.95. The minimum absolute atomic E-state index is 0.0611. The van der Waals surface area contributed by atoms with Gasteiger partial charge in [-0.05, 0) is 54.8 Å². The molecule has 0 aliphatic rings. The van der Waals surface area contributed by atoms with Crippen molar-refractivity contribution in [3.8, 4) is 5.75 Å². The molecule has 0 heterocycles. The monoisotopic (exact) mass is 411 g/mol. The first kappa shape index (κ1) is 23.3. The normalized spacial score (nSPS) is 11.1. The SMILES string of the molecule is CC(C)CCOc1ccc(NC(=O)CNc2cccc(NC(=O)C(C)(C)C)c2)cc1. The van der Waals surface area contributed by atoms with Gasteiger partial charge in [-0.3, -0.25) is 9.59 Å². The van der Waals surface area contributed by atoms with Crippen LogP contribution in [-0.4, -0.2) is 25.0 Å². The lowest BCUT2D eigenvalue weighted by molar-refractivity contribution is -0.123. The number of rotatable bonds is 9. The van der Waals surface area contributed by atoms with Crippen LogP contribution in [0.5, 0.6) is 5.75 Å². The van der Waals surface area contributed by atoms with Crippen LogP contribution >= 0.6 is 0 Å². The molecule has 0 unspecified atom stereocenters. The van der Waals surface area contributed by atoms with Crippen molar-refractivity contribution >= 4 is 28.9 Å². The summed E-state index contributed by atoms with van der Waals surface area (Å²) in [7, 11) is 0. The third-order valence-electron chi connectivity index (χ3n) is 4.36. The molecule has 6 nitrogen and oxygen atoms in total. The van der Waals surface area contributed by atoms with Gasteiger partial charge in [0.25, 0.3) is 0 Å². The van der Waals surface area contributed by atoms with Gasteiger partial charge in [0.05, 0.1) is 13.2 Å². The lowest BCUT2D eigenvalue weighted by Crippen LogP contribution is -2.27. The van der Waals surface area contributed by atoms with Crippen molar-refractivity contribution in [2.24, 2.45) is 11.3 Å². The molecule has 3 N–H and O–H groups in total. The number of anilines is 3. The van der Waals surface area contributed by atoms with Gasteiger partial charge < -0.3 is 20.7 Å². The molecule has 30 heavy (non-hydrogen) atoms. The van der Waals surface area contributed by atoms with E-state index in [2.05, 4.69) is 29.8 Å². The molecule has 2 aromatic rings. The maximum atomic E-state index is 12.2. The molecule has 2 aromatic carbocycles.